The molecule has 12 atom stereocenters. The molecule has 1 spiro atoms. The highest BCUT2D eigenvalue weighted by atomic mass is 16.6. The first kappa shape index (κ1) is 43.7. The smallest absolute Gasteiger partial charge is 0.344 e. The van der Waals surface area contributed by atoms with Gasteiger partial charge in [0.15, 0.2) is 6.10 Å². The van der Waals surface area contributed by atoms with E-state index in [2.05, 4.69) is 62.2 Å². The summed E-state index contributed by atoms with van der Waals surface area (Å²) in [6, 6.07) is 5.45. The van der Waals surface area contributed by atoms with E-state index in [4.69, 9.17) is 18.9 Å². The molecular formula is C50H67N5O9. The number of piperidine rings is 1. The number of H-pyrrole nitrogens is 1. The van der Waals surface area contributed by atoms with Crippen molar-refractivity contribution in [3.05, 3.63) is 65.0 Å². The number of ether oxygens (including phenoxy) is 4. The quantitative estimate of drug-likeness (QED) is 0.197. The molecule has 1 saturated carbocycles. The van der Waals surface area contributed by atoms with Crippen LogP contribution in [0.3, 0.4) is 0 Å². The minimum Gasteiger partial charge on any atom is -0.468 e. The zero-order valence-corrected chi connectivity index (χ0v) is 38.7. The number of nitrogens with one attached hydrogen (secondary N) is 1. The van der Waals surface area contributed by atoms with E-state index in [-0.39, 0.29) is 17.9 Å². The van der Waals surface area contributed by atoms with E-state index in [1.54, 1.807) is 7.11 Å². The van der Waals surface area contributed by atoms with Gasteiger partial charge in [0.25, 0.3) is 0 Å². The summed E-state index contributed by atoms with van der Waals surface area (Å²) in [5, 5.41) is 26.7. The number of aliphatic hydroxyl groups is 2. The van der Waals surface area contributed by atoms with E-state index in [0.29, 0.717) is 58.2 Å². The monoisotopic (exact) mass is 881 g/mol. The number of aromatic amines is 1. The van der Waals surface area contributed by atoms with Crippen molar-refractivity contribution in [3.8, 4) is 0 Å². The Hall–Kier alpha value is -4.21. The molecule has 14 nitrogen and oxygen atoms in total. The molecule has 2 aromatic rings. The van der Waals surface area contributed by atoms with Crippen LogP contribution in [0.2, 0.25) is 0 Å². The third-order valence-corrected chi connectivity index (χ3v) is 17.6. The summed E-state index contributed by atoms with van der Waals surface area (Å²) in [7, 11) is 6.32. The molecule has 1 aromatic carbocycles. The van der Waals surface area contributed by atoms with Gasteiger partial charge in [-0.05, 0) is 99.2 Å². The van der Waals surface area contributed by atoms with E-state index >= 15 is 4.79 Å². The first-order valence-corrected chi connectivity index (χ1v) is 23.7. The fraction of sp³-hybridized carbons (Fsp3) is 0.660. The van der Waals surface area contributed by atoms with Crippen LogP contribution in [0, 0.1) is 22.7 Å². The average Bonchev–Trinajstić information content (AvgIpc) is 4.10. The lowest BCUT2D eigenvalue weighted by Crippen LogP contribution is -2.79. The van der Waals surface area contributed by atoms with Crippen LogP contribution < -0.4 is 4.90 Å². The standard InChI is InChI=1S/C50H67N5O9/c1-8-46(59)26-31-27-49(44(57)62-6,40-33(15-21-53(28-31)29-46)34-23-32(13-14-37(34)51-40)54-18-10-11-19-54)36-24-35-38(25-39(36)61-5)52(4)42-48(35)17-22-55-20-12-16-47(9-2,41(48)55)43(64-30(3)56)50(42,60)45(58)63-7/h12-14,16,23-25,31,36,39,41-43,51,59-60H,8-11,15,17-22,26-29H2,1-7H3/t31-,36?,39?,41+,42-,43-,46+,47-,48-,49+,50+/m1/s1. The van der Waals surface area contributed by atoms with Crippen molar-refractivity contribution < 1.29 is 43.5 Å². The third kappa shape index (κ3) is 5.83. The molecular weight excluding hydrogens is 815 g/mol. The van der Waals surface area contributed by atoms with Crippen molar-refractivity contribution in [1.29, 1.82) is 0 Å². The largest absolute Gasteiger partial charge is 0.468 e. The summed E-state index contributed by atoms with van der Waals surface area (Å²) in [6.45, 7) is 10.8. The predicted molar refractivity (Wildman–Crippen MR) is 240 cm³/mol. The van der Waals surface area contributed by atoms with Crippen molar-refractivity contribution in [2.24, 2.45) is 22.7 Å². The number of methoxy groups -OCH3 is 3. The first-order chi connectivity index (χ1) is 30.7. The van der Waals surface area contributed by atoms with Crippen molar-refractivity contribution >= 4 is 34.5 Å². The number of benzene rings is 1. The van der Waals surface area contributed by atoms with Crippen molar-refractivity contribution in [2.45, 2.75) is 113 Å². The van der Waals surface area contributed by atoms with Gasteiger partial charge in [-0.2, -0.15) is 0 Å². The molecule has 10 rings (SSSR count). The molecule has 3 unspecified atom stereocenters. The van der Waals surface area contributed by atoms with E-state index in [1.165, 1.54) is 26.8 Å². The number of allylic oxidation sites excluding steroid dienone is 1. The van der Waals surface area contributed by atoms with E-state index in [9.17, 15) is 19.8 Å². The zero-order valence-electron chi connectivity index (χ0n) is 38.7. The molecule has 8 aliphatic rings. The van der Waals surface area contributed by atoms with Crippen LogP contribution in [0.1, 0.15) is 77.0 Å². The molecule has 5 fully saturated rings. The maximum atomic E-state index is 15.6. The van der Waals surface area contributed by atoms with Gasteiger partial charge < -0.3 is 43.9 Å². The lowest BCUT2D eigenvalue weighted by molar-refractivity contribution is -0.243. The molecule has 6 aliphatic heterocycles. The number of carbonyl (C=O) groups is 3. The minimum absolute atomic E-state index is 0.0736. The Bertz CT molecular complexity index is 2340. The van der Waals surface area contributed by atoms with Crippen molar-refractivity contribution in [3.63, 3.8) is 0 Å². The number of aromatic nitrogens is 1. The van der Waals surface area contributed by atoms with Crippen LogP contribution in [0.15, 0.2) is 53.8 Å². The lowest BCUT2D eigenvalue weighted by Gasteiger charge is -2.63. The summed E-state index contributed by atoms with van der Waals surface area (Å²) >= 11 is 0. The second-order valence-electron chi connectivity index (χ2n) is 20.4. The SMILES string of the molecule is CC[C@]1(O)C[C@H]2CN(CCc3c([nH]c4ccc(N5CCCC5)cc34)[C@@](C(=O)OC)(C3C=C4C(=CC3OC)N(C)[C@H]3[C@@](O)(C(=O)OC)[C@H](OC(C)=O)[C@]5(CC)C=CCN6CC[C@]43[C@@H]65)C2)C1. The Kier molecular flexibility index (Phi) is 10.5. The number of likely N-dealkylation sites (tertiary alicyclic amines) is 1. The van der Waals surface area contributed by atoms with Crippen LogP contribution in [-0.2, 0) is 45.2 Å². The molecule has 14 heteroatoms. The third-order valence-electron chi connectivity index (χ3n) is 17.6. The van der Waals surface area contributed by atoms with Crippen LogP contribution in [-0.4, -0.2) is 157 Å². The lowest BCUT2D eigenvalue weighted by atomic mass is 9.47. The normalized spacial score (nSPS) is 40.0. The van der Waals surface area contributed by atoms with Crippen molar-refractivity contribution in [1.82, 2.24) is 19.7 Å². The Morgan fingerprint density at radius 1 is 0.938 bits per heavy atom. The summed E-state index contributed by atoms with van der Waals surface area (Å²) in [6.07, 6.45) is 12.1. The molecule has 346 valence electrons. The van der Waals surface area contributed by atoms with E-state index < -0.39 is 63.6 Å². The molecule has 3 N–H and O–H groups in total. The van der Waals surface area contributed by atoms with Gasteiger partial charge in [-0.1, -0.05) is 32.1 Å². The van der Waals surface area contributed by atoms with Crippen LogP contribution in [0.25, 0.3) is 10.9 Å². The summed E-state index contributed by atoms with van der Waals surface area (Å²) in [4.78, 5) is 56.4. The second kappa shape index (κ2) is 15.4. The minimum atomic E-state index is -2.29. The summed E-state index contributed by atoms with van der Waals surface area (Å²) in [5.74, 6) is -2.52. The summed E-state index contributed by atoms with van der Waals surface area (Å²) < 4.78 is 24.4. The average molecular weight is 882 g/mol. The molecule has 1 aromatic heterocycles. The highest BCUT2D eigenvalue weighted by molar-refractivity contribution is 5.93. The van der Waals surface area contributed by atoms with Gasteiger partial charge in [0.2, 0.25) is 5.60 Å². The number of rotatable bonds is 8. The van der Waals surface area contributed by atoms with Crippen LogP contribution in [0.4, 0.5) is 5.69 Å². The number of likely N-dealkylation sites (N-methyl/N-ethyl adjacent to an activating group) is 1. The number of nitrogens with zero attached hydrogens (tertiary/aromatic N) is 4. The number of anilines is 1. The highest BCUT2D eigenvalue weighted by Gasteiger charge is 2.81. The van der Waals surface area contributed by atoms with Gasteiger partial charge in [0.1, 0.15) is 5.41 Å². The Morgan fingerprint density at radius 2 is 1.70 bits per heavy atom. The van der Waals surface area contributed by atoms with Gasteiger partial charge in [-0.25, -0.2) is 4.79 Å². The van der Waals surface area contributed by atoms with Gasteiger partial charge in [-0.15, -0.1) is 0 Å². The van der Waals surface area contributed by atoms with E-state index in [0.717, 1.165) is 72.5 Å². The number of hydrogen-bond donors (Lipinski definition) is 3. The van der Waals surface area contributed by atoms with Gasteiger partial charge in [0.05, 0.1) is 32.0 Å². The van der Waals surface area contributed by atoms with E-state index in [1.807, 2.05) is 25.8 Å². The molecule has 0 radical (unpaired) electrons. The van der Waals surface area contributed by atoms with Crippen molar-refractivity contribution in [2.75, 3.05) is 79.1 Å². The number of esters is 3. The molecule has 0 amide bonds. The molecule has 4 saturated heterocycles. The maximum absolute atomic E-state index is 15.6. The topological polar surface area (TPSA) is 157 Å². The Morgan fingerprint density at radius 3 is 2.39 bits per heavy atom. The molecule has 2 bridgehead atoms. The molecule has 64 heavy (non-hydrogen) atoms. The Balaban J connectivity index is 1.24. The zero-order chi connectivity index (χ0) is 45.1. The molecule has 7 heterocycles. The summed E-state index contributed by atoms with van der Waals surface area (Å²) in [5.41, 5.74) is -0.620. The van der Waals surface area contributed by atoms with Gasteiger partial charge in [-0.3, -0.25) is 19.4 Å². The predicted octanol–water partition coefficient (Wildman–Crippen LogP) is 4.23. The van der Waals surface area contributed by atoms with Gasteiger partial charge >= 0.3 is 17.9 Å². The number of carbonyl (C=O) groups excluding carboxylic acids is 3. The maximum Gasteiger partial charge on any atom is 0.344 e. The fourth-order valence-electron chi connectivity index (χ4n) is 15.2. The highest BCUT2D eigenvalue weighted by Crippen LogP contribution is 2.70. The number of hydrogen-bond acceptors (Lipinski definition) is 13. The second-order valence-corrected chi connectivity index (χ2v) is 20.4. The fourth-order valence-corrected chi connectivity index (χ4v) is 15.2. The molecule has 2 aliphatic carbocycles. The van der Waals surface area contributed by atoms with Gasteiger partial charge in [0, 0.05) is 111 Å². The number of fused-ring (bicyclic) bond motifs is 6. The van der Waals surface area contributed by atoms with Crippen LogP contribution in [0.5, 0.6) is 0 Å². The Labute approximate surface area is 376 Å². The first-order valence-electron chi connectivity index (χ1n) is 23.7. The van der Waals surface area contributed by atoms with Crippen LogP contribution >= 0.6 is 0 Å².